The second-order valence-electron chi connectivity index (χ2n) is 16.8. The molecule has 0 aliphatic rings. The van der Waals surface area contributed by atoms with Crippen LogP contribution in [0, 0.1) is 17.5 Å². The van der Waals surface area contributed by atoms with E-state index in [1.807, 2.05) is 60.7 Å². The van der Waals surface area contributed by atoms with Gasteiger partial charge in [0, 0.05) is 41.1 Å². The first-order chi connectivity index (χ1) is 33.6. The molecule has 0 amide bonds. The molecule has 9 aromatic rings. The molecule has 0 saturated carbocycles. The maximum atomic E-state index is 14.5. The molecule has 0 saturated heterocycles. The van der Waals surface area contributed by atoms with Crippen molar-refractivity contribution in [2.24, 2.45) is 0 Å². The minimum atomic E-state index is -0.264. The highest BCUT2D eigenvalue weighted by Crippen LogP contribution is 2.36. The Hall–Kier alpha value is -6.38. The quantitative estimate of drug-likeness (QED) is 0.0936. The zero-order valence-electron chi connectivity index (χ0n) is 39.7. The van der Waals surface area contributed by atoms with Gasteiger partial charge >= 0.3 is 0 Å². The van der Waals surface area contributed by atoms with Gasteiger partial charge in [-0.15, -0.1) is 34.0 Å². The number of hydrogen-bond acceptors (Lipinski definition) is 4. The largest absolute Gasteiger partial charge is 0.297 e. The van der Waals surface area contributed by atoms with E-state index < -0.39 is 0 Å². The van der Waals surface area contributed by atoms with E-state index in [1.165, 1.54) is 32.9 Å². The first kappa shape index (κ1) is 50.5. The van der Waals surface area contributed by atoms with Gasteiger partial charge < -0.3 is 0 Å². The van der Waals surface area contributed by atoms with Crippen LogP contribution in [0.5, 0.6) is 0 Å². The topological polar surface area (TPSA) is 17.1 Å². The van der Waals surface area contributed by atoms with Crippen LogP contribution in [0.3, 0.4) is 0 Å². The molecule has 0 unspecified atom stereocenters. The van der Waals surface area contributed by atoms with E-state index in [-0.39, 0.29) is 17.5 Å². The van der Waals surface area contributed by atoms with Crippen LogP contribution in [0.15, 0.2) is 170 Å². The van der Waals surface area contributed by atoms with E-state index in [1.54, 1.807) is 65.1 Å². The lowest BCUT2D eigenvalue weighted by atomic mass is 10.0. The standard InChI is InChI=1S/C21H21FS.C21H19FS.C20H17FOS/c2*1-3-5-15-6-8-16(9-7-15)17-10-12-19(20(22)14-17)21-13-11-18(4-2)23-21;1-2-3-14-4-6-15(7-5-14)16-8-10-18(19(21)12-16)20-11-9-17(13-22)23-20/h6-14H,3-5H2,1-2H3;4,6-14H,2-3,5H2,1H3;4-13H,2-3H2,1H3. The number of carbonyl (C=O) groups is 1. The van der Waals surface area contributed by atoms with Gasteiger partial charge in [-0.25, -0.2) is 13.2 Å². The van der Waals surface area contributed by atoms with Gasteiger partial charge in [0.25, 0.3) is 0 Å². The predicted octanol–water partition coefficient (Wildman–Crippen LogP) is 19.5. The average molecular weight is 971 g/mol. The Morgan fingerprint density at radius 1 is 0.406 bits per heavy atom. The molecule has 9 rings (SSSR count). The summed E-state index contributed by atoms with van der Waals surface area (Å²) < 4.78 is 43.5. The van der Waals surface area contributed by atoms with Gasteiger partial charge in [0.05, 0.1) is 4.88 Å². The lowest BCUT2D eigenvalue weighted by Gasteiger charge is -2.07. The molecule has 0 aliphatic carbocycles. The first-order valence-electron chi connectivity index (χ1n) is 23.7. The van der Waals surface area contributed by atoms with Crippen molar-refractivity contribution in [2.45, 2.75) is 72.6 Å². The van der Waals surface area contributed by atoms with Crippen molar-refractivity contribution >= 4 is 46.4 Å². The molecule has 6 aromatic carbocycles. The fourth-order valence-corrected chi connectivity index (χ4v) is 10.7. The van der Waals surface area contributed by atoms with Crippen molar-refractivity contribution in [3.05, 3.63) is 219 Å². The van der Waals surface area contributed by atoms with E-state index in [9.17, 15) is 18.0 Å². The Balaban J connectivity index is 0.000000153. The number of hydrogen-bond donors (Lipinski definition) is 0. The Morgan fingerprint density at radius 3 is 1.03 bits per heavy atom. The highest BCUT2D eigenvalue weighted by atomic mass is 32.1. The molecular weight excluding hydrogens is 914 g/mol. The molecule has 0 radical (unpaired) electrons. The Morgan fingerprint density at radius 2 is 0.739 bits per heavy atom. The number of halogens is 3. The van der Waals surface area contributed by atoms with Gasteiger partial charge in [0.15, 0.2) is 6.29 Å². The molecule has 1 nitrogen and oxygen atoms in total. The number of aryl methyl sites for hydroxylation is 4. The van der Waals surface area contributed by atoms with Gasteiger partial charge in [-0.2, -0.15) is 0 Å². The molecule has 3 heterocycles. The molecule has 0 spiro atoms. The summed E-state index contributed by atoms with van der Waals surface area (Å²) in [5.41, 5.74) is 11.7. The van der Waals surface area contributed by atoms with Gasteiger partial charge in [-0.1, -0.05) is 151 Å². The van der Waals surface area contributed by atoms with Crippen molar-refractivity contribution in [1.29, 1.82) is 0 Å². The summed E-state index contributed by atoms with van der Waals surface area (Å²) in [6, 6.07) is 52.9. The van der Waals surface area contributed by atoms with Crippen LogP contribution in [0.25, 0.3) is 70.8 Å². The summed E-state index contributed by atoms with van der Waals surface area (Å²) in [7, 11) is 0. The van der Waals surface area contributed by atoms with Crippen molar-refractivity contribution < 1.29 is 18.0 Å². The second-order valence-corrected chi connectivity index (χ2v) is 20.2. The molecule has 0 aliphatic heterocycles. The van der Waals surface area contributed by atoms with Crippen molar-refractivity contribution in [3.8, 4) is 64.7 Å². The molecule has 3 aromatic heterocycles. The summed E-state index contributed by atoms with van der Waals surface area (Å²) in [6.45, 7) is 12.4. The fraction of sp³-hybridized carbons (Fsp3) is 0.177. The number of rotatable bonds is 15. The third-order valence-corrected chi connectivity index (χ3v) is 15.2. The van der Waals surface area contributed by atoms with Crippen LogP contribution in [0.2, 0.25) is 0 Å². The summed E-state index contributed by atoms with van der Waals surface area (Å²) >= 11 is 4.52. The number of thiophene rings is 3. The summed E-state index contributed by atoms with van der Waals surface area (Å²) in [4.78, 5) is 16.4. The number of benzene rings is 6. The SMILES string of the molecule is C=Cc1ccc(-c2ccc(-c3ccc(CCC)cc3)cc2F)s1.CCCc1ccc(-c2ccc(-c3ccc(C=O)s3)c(F)c2)cc1.CCCc1ccc(-c2ccc(-c3ccc(CC)s3)c(F)c2)cc1. The number of aldehydes is 1. The van der Waals surface area contributed by atoms with E-state index >= 15 is 0 Å². The average Bonchev–Trinajstić information content (AvgIpc) is 4.18. The lowest BCUT2D eigenvalue weighted by Crippen LogP contribution is -1.86. The van der Waals surface area contributed by atoms with Crippen molar-refractivity contribution in [2.75, 3.05) is 0 Å². The van der Waals surface area contributed by atoms with Crippen molar-refractivity contribution in [3.63, 3.8) is 0 Å². The molecular formula is C62H57F3OS3. The van der Waals surface area contributed by atoms with Crippen LogP contribution < -0.4 is 0 Å². The normalized spacial score (nSPS) is 10.8. The van der Waals surface area contributed by atoms with Crippen LogP contribution in [-0.4, -0.2) is 6.29 Å². The summed E-state index contributed by atoms with van der Waals surface area (Å²) in [6.07, 6.45) is 10.2. The highest BCUT2D eigenvalue weighted by molar-refractivity contribution is 7.17. The third-order valence-electron chi connectivity index (χ3n) is 11.8. The van der Waals surface area contributed by atoms with Gasteiger partial charge in [-0.05, 0) is 149 Å². The maximum absolute atomic E-state index is 14.5. The fourth-order valence-electron chi connectivity index (χ4n) is 8.02. The van der Waals surface area contributed by atoms with Crippen LogP contribution >= 0.6 is 34.0 Å². The summed E-state index contributed by atoms with van der Waals surface area (Å²) in [5.74, 6) is -0.596. The van der Waals surface area contributed by atoms with E-state index in [0.717, 1.165) is 104 Å². The van der Waals surface area contributed by atoms with Gasteiger partial charge in [0.2, 0.25) is 0 Å². The zero-order valence-corrected chi connectivity index (χ0v) is 42.1. The minimum Gasteiger partial charge on any atom is -0.297 e. The zero-order chi connectivity index (χ0) is 48.7. The highest BCUT2D eigenvalue weighted by Gasteiger charge is 2.13. The van der Waals surface area contributed by atoms with Crippen LogP contribution in [-0.2, 0) is 25.7 Å². The smallest absolute Gasteiger partial charge is 0.160 e. The number of carbonyl (C=O) groups excluding carboxylic acids is 1. The molecule has 350 valence electrons. The van der Waals surface area contributed by atoms with Crippen LogP contribution in [0.1, 0.15) is 83.1 Å². The molecule has 7 heteroatoms. The molecule has 0 bridgehead atoms. The molecule has 69 heavy (non-hydrogen) atoms. The maximum Gasteiger partial charge on any atom is 0.160 e. The third kappa shape index (κ3) is 13.2. The van der Waals surface area contributed by atoms with Gasteiger partial charge in [-0.3, -0.25) is 4.79 Å². The van der Waals surface area contributed by atoms with E-state index in [4.69, 9.17) is 0 Å². The monoisotopic (exact) mass is 970 g/mol. The Kier molecular flexibility index (Phi) is 18.1. The Labute approximate surface area is 418 Å². The molecule has 0 atom stereocenters. The Bertz CT molecular complexity index is 2940. The first-order valence-corrected chi connectivity index (χ1v) is 26.1. The van der Waals surface area contributed by atoms with Crippen molar-refractivity contribution in [1.82, 2.24) is 0 Å². The van der Waals surface area contributed by atoms with E-state index in [0.29, 0.717) is 21.6 Å². The molecule has 0 N–H and O–H groups in total. The second kappa shape index (κ2) is 24.8. The summed E-state index contributed by atoms with van der Waals surface area (Å²) in [5, 5.41) is 0. The predicted molar refractivity (Wildman–Crippen MR) is 292 cm³/mol. The van der Waals surface area contributed by atoms with Gasteiger partial charge in [0.1, 0.15) is 17.5 Å². The minimum absolute atomic E-state index is 0.148. The molecule has 0 fully saturated rings. The van der Waals surface area contributed by atoms with Crippen LogP contribution in [0.4, 0.5) is 13.2 Å². The lowest BCUT2D eigenvalue weighted by molar-refractivity contribution is 0.112. The van der Waals surface area contributed by atoms with E-state index in [2.05, 4.69) is 101 Å².